The summed E-state index contributed by atoms with van der Waals surface area (Å²) < 4.78 is 10.6. The molecule has 0 bridgehead atoms. The van der Waals surface area contributed by atoms with Crippen LogP contribution in [0.2, 0.25) is 0 Å². The fourth-order valence-corrected chi connectivity index (χ4v) is 4.83. The number of carbonyl (C=O) groups is 4. The van der Waals surface area contributed by atoms with Crippen LogP contribution in [0.15, 0.2) is 84.9 Å². The largest absolute Gasteiger partial charge is 0.481 e. The van der Waals surface area contributed by atoms with Crippen molar-refractivity contribution >= 4 is 23.8 Å². The van der Waals surface area contributed by atoms with Gasteiger partial charge >= 0.3 is 17.9 Å². The summed E-state index contributed by atoms with van der Waals surface area (Å²) in [5.41, 5.74) is 1.53. The third kappa shape index (κ3) is 5.67. The van der Waals surface area contributed by atoms with Crippen LogP contribution in [-0.4, -0.2) is 46.0 Å². The zero-order valence-corrected chi connectivity index (χ0v) is 20.6. The lowest BCUT2D eigenvalue weighted by Gasteiger charge is -2.46. The molecule has 0 saturated heterocycles. The molecule has 1 amide bonds. The second-order valence-corrected chi connectivity index (χ2v) is 9.04. The van der Waals surface area contributed by atoms with E-state index in [0.29, 0.717) is 11.5 Å². The van der Waals surface area contributed by atoms with E-state index in [4.69, 9.17) is 9.47 Å². The zero-order valence-electron chi connectivity index (χ0n) is 20.6. The maximum atomic E-state index is 13.8. The molecule has 38 heavy (non-hydrogen) atoms. The highest BCUT2D eigenvalue weighted by atomic mass is 16.5. The number of benzene rings is 3. The SMILES string of the molecule is COC(=O)C1C(C(=O)O)C(C(=O)O)C1C(=O)N(Cc1ccccc1)Cc1ccc(Oc2ccccc2)cc1. The molecule has 0 aromatic heterocycles. The Kier molecular flexibility index (Phi) is 8.06. The van der Waals surface area contributed by atoms with Crippen LogP contribution >= 0.6 is 0 Å². The number of nitrogens with zero attached hydrogens (tertiary/aromatic N) is 1. The molecule has 1 fully saturated rings. The summed E-state index contributed by atoms with van der Waals surface area (Å²) in [6, 6.07) is 25.5. The van der Waals surface area contributed by atoms with Crippen LogP contribution < -0.4 is 4.74 Å². The molecule has 0 spiro atoms. The molecule has 4 rings (SSSR count). The molecule has 9 nitrogen and oxygen atoms in total. The number of carboxylic acids is 2. The molecule has 4 atom stereocenters. The van der Waals surface area contributed by atoms with E-state index in [9.17, 15) is 29.4 Å². The highest BCUT2D eigenvalue weighted by Gasteiger charge is 2.64. The van der Waals surface area contributed by atoms with Crippen LogP contribution in [0.5, 0.6) is 11.5 Å². The van der Waals surface area contributed by atoms with Gasteiger partial charge < -0.3 is 24.6 Å². The minimum absolute atomic E-state index is 0.105. The molecule has 1 aliphatic carbocycles. The van der Waals surface area contributed by atoms with E-state index in [1.165, 1.54) is 4.90 Å². The molecule has 0 heterocycles. The lowest BCUT2D eigenvalue weighted by molar-refractivity contribution is -0.191. The predicted octanol–water partition coefficient (Wildman–Crippen LogP) is 3.83. The summed E-state index contributed by atoms with van der Waals surface area (Å²) in [7, 11) is 1.08. The van der Waals surface area contributed by atoms with E-state index in [2.05, 4.69) is 0 Å². The molecule has 3 aromatic rings. The summed E-state index contributed by atoms with van der Waals surface area (Å²) in [6.07, 6.45) is 0. The van der Waals surface area contributed by atoms with Gasteiger partial charge in [-0.25, -0.2) is 0 Å². The Morgan fingerprint density at radius 3 is 1.66 bits per heavy atom. The predicted molar refractivity (Wildman–Crippen MR) is 135 cm³/mol. The number of hydrogen-bond donors (Lipinski definition) is 2. The van der Waals surface area contributed by atoms with Crippen LogP contribution in [0.3, 0.4) is 0 Å². The number of hydrogen-bond acceptors (Lipinski definition) is 6. The van der Waals surface area contributed by atoms with E-state index >= 15 is 0 Å². The Morgan fingerprint density at radius 2 is 1.13 bits per heavy atom. The number of carbonyl (C=O) groups excluding carboxylic acids is 2. The normalized spacial score (nSPS) is 20.0. The van der Waals surface area contributed by atoms with Crippen LogP contribution in [0.1, 0.15) is 11.1 Å². The lowest BCUT2D eigenvalue weighted by atomic mass is 9.55. The van der Waals surface area contributed by atoms with Crippen molar-refractivity contribution in [2.75, 3.05) is 7.11 Å². The van der Waals surface area contributed by atoms with Gasteiger partial charge in [0, 0.05) is 13.1 Å². The number of carboxylic acid groups (broad SMARTS) is 2. The summed E-state index contributed by atoms with van der Waals surface area (Å²) in [5.74, 6) is -9.05. The van der Waals surface area contributed by atoms with E-state index < -0.39 is 47.5 Å². The molecule has 0 radical (unpaired) electrons. The van der Waals surface area contributed by atoms with Crippen molar-refractivity contribution in [2.24, 2.45) is 23.7 Å². The Bertz CT molecular complexity index is 1290. The number of rotatable bonds is 10. The van der Waals surface area contributed by atoms with Crippen molar-refractivity contribution in [2.45, 2.75) is 13.1 Å². The molecule has 4 unspecified atom stereocenters. The van der Waals surface area contributed by atoms with E-state index in [1.807, 2.05) is 60.7 Å². The summed E-state index contributed by atoms with van der Waals surface area (Å²) in [6.45, 7) is 0.240. The maximum absolute atomic E-state index is 13.8. The molecule has 1 aliphatic rings. The first-order chi connectivity index (χ1) is 18.3. The monoisotopic (exact) mass is 517 g/mol. The number of para-hydroxylation sites is 1. The summed E-state index contributed by atoms with van der Waals surface area (Å²) in [4.78, 5) is 51.5. The van der Waals surface area contributed by atoms with Gasteiger partial charge in [0.05, 0.1) is 30.8 Å². The number of amides is 1. The summed E-state index contributed by atoms with van der Waals surface area (Å²) >= 11 is 0. The van der Waals surface area contributed by atoms with Crippen LogP contribution in [0, 0.1) is 23.7 Å². The minimum Gasteiger partial charge on any atom is -0.481 e. The first-order valence-electron chi connectivity index (χ1n) is 12.0. The highest BCUT2D eigenvalue weighted by Crippen LogP contribution is 2.48. The van der Waals surface area contributed by atoms with Crippen LogP contribution in [0.4, 0.5) is 0 Å². The molecule has 3 aromatic carbocycles. The molecule has 9 heteroatoms. The fraction of sp³-hybridized carbons (Fsp3) is 0.241. The van der Waals surface area contributed by atoms with Crippen LogP contribution in [0.25, 0.3) is 0 Å². The van der Waals surface area contributed by atoms with Crippen molar-refractivity contribution in [3.05, 3.63) is 96.1 Å². The second kappa shape index (κ2) is 11.6. The topological polar surface area (TPSA) is 130 Å². The van der Waals surface area contributed by atoms with Crippen molar-refractivity contribution in [1.82, 2.24) is 4.90 Å². The average molecular weight is 518 g/mol. The quantitative estimate of drug-likeness (QED) is 0.388. The number of methoxy groups -OCH3 is 1. The molecular formula is C29H27NO8. The van der Waals surface area contributed by atoms with Gasteiger partial charge in [-0.15, -0.1) is 0 Å². The Labute approximate surface area is 219 Å². The van der Waals surface area contributed by atoms with Crippen molar-refractivity contribution < 1.29 is 38.9 Å². The standard InChI is InChI=1S/C29H27NO8/c1-37-29(36)25-22(23(27(32)33)24(25)28(34)35)26(31)30(16-18-8-4-2-5-9-18)17-19-12-14-21(15-13-19)38-20-10-6-3-7-11-20/h2-15,22-25H,16-17H2,1H3,(H,32,33)(H,34,35). The maximum Gasteiger partial charge on any atom is 0.310 e. The highest BCUT2D eigenvalue weighted by molar-refractivity contribution is 5.98. The van der Waals surface area contributed by atoms with Gasteiger partial charge in [-0.2, -0.15) is 0 Å². The fourth-order valence-electron chi connectivity index (χ4n) is 4.83. The first kappa shape index (κ1) is 26.4. The molecule has 2 N–H and O–H groups in total. The molecular weight excluding hydrogens is 490 g/mol. The number of ether oxygens (including phenoxy) is 2. The van der Waals surface area contributed by atoms with Gasteiger partial charge in [0.15, 0.2) is 0 Å². The first-order valence-corrected chi connectivity index (χ1v) is 12.0. The van der Waals surface area contributed by atoms with E-state index in [1.54, 1.807) is 24.3 Å². The average Bonchev–Trinajstić information content (AvgIpc) is 2.89. The van der Waals surface area contributed by atoms with Crippen molar-refractivity contribution in [1.29, 1.82) is 0 Å². The minimum atomic E-state index is -1.55. The molecule has 0 aliphatic heterocycles. The summed E-state index contributed by atoms with van der Waals surface area (Å²) in [5, 5.41) is 19.4. The smallest absolute Gasteiger partial charge is 0.310 e. The lowest BCUT2D eigenvalue weighted by Crippen LogP contribution is -2.62. The van der Waals surface area contributed by atoms with Crippen molar-refractivity contribution in [3.63, 3.8) is 0 Å². The molecule has 1 saturated carbocycles. The Balaban J connectivity index is 1.61. The Hall–Kier alpha value is -4.66. The second-order valence-electron chi connectivity index (χ2n) is 9.04. The number of esters is 1. The van der Waals surface area contributed by atoms with Gasteiger partial charge in [0.25, 0.3) is 0 Å². The van der Waals surface area contributed by atoms with E-state index in [-0.39, 0.29) is 13.1 Å². The van der Waals surface area contributed by atoms with E-state index in [0.717, 1.165) is 18.2 Å². The van der Waals surface area contributed by atoms with Crippen molar-refractivity contribution in [3.8, 4) is 11.5 Å². The van der Waals surface area contributed by atoms with Gasteiger partial charge in [-0.3, -0.25) is 19.2 Å². The zero-order chi connectivity index (χ0) is 27.2. The third-order valence-electron chi connectivity index (χ3n) is 6.68. The van der Waals surface area contributed by atoms with Gasteiger partial charge in [-0.1, -0.05) is 60.7 Å². The van der Waals surface area contributed by atoms with Crippen LogP contribution in [-0.2, 0) is 37.0 Å². The molecule has 196 valence electrons. The Morgan fingerprint density at radius 1 is 0.658 bits per heavy atom. The van der Waals surface area contributed by atoms with Gasteiger partial charge in [0.1, 0.15) is 11.5 Å². The van der Waals surface area contributed by atoms with Gasteiger partial charge in [-0.05, 0) is 35.4 Å². The third-order valence-corrected chi connectivity index (χ3v) is 6.68. The van der Waals surface area contributed by atoms with Gasteiger partial charge in [0.2, 0.25) is 5.91 Å². The number of aliphatic carboxylic acids is 2.